The number of likely N-dealkylation sites (N-methyl/N-ethyl adjacent to an activating group) is 1. The predicted molar refractivity (Wildman–Crippen MR) is 67.6 cm³/mol. The van der Waals surface area contributed by atoms with Gasteiger partial charge in [0.15, 0.2) is 0 Å². The number of carboxylic acid groups (broad SMARTS) is 1. The first-order valence-corrected chi connectivity index (χ1v) is 6.17. The van der Waals surface area contributed by atoms with Gasteiger partial charge in [-0.25, -0.2) is 4.79 Å². The molecule has 1 N–H and O–H groups in total. The summed E-state index contributed by atoms with van der Waals surface area (Å²) in [5.74, 6) is -0.0999. The first-order chi connectivity index (χ1) is 7.54. The van der Waals surface area contributed by atoms with Crippen molar-refractivity contribution in [2.75, 3.05) is 19.6 Å². The smallest absolute Gasteiger partial charge is 0.330 e. The number of nitrogens with zero attached hydrogens (tertiary/aromatic N) is 1. The van der Waals surface area contributed by atoms with Crippen LogP contribution < -0.4 is 0 Å². The largest absolute Gasteiger partial charge is 0.478 e. The molecule has 0 aliphatic rings. The Morgan fingerprint density at radius 3 is 2.25 bits per heavy atom. The molecule has 0 rings (SSSR count). The van der Waals surface area contributed by atoms with E-state index in [4.69, 9.17) is 5.11 Å². The van der Waals surface area contributed by atoms with Crippen molar-refractivity contribution in [1.82, 2.24) is 4.90 Å². The molecule has 3 nitrogen and oxygen atoms in total. The van der Waals surface area contributed by atoms with Crippen molar-refractivity contribution < 1.29 is 9.90 Å². The van der Waals surface area contributed by atoms with E-state index >= 15 is 0 Å². The molecule has 0 saturated heterocycles. The Morgan fingerprint density at radius 1 is 1.31 bits per heavy atom. The molecular weight excluding hydrogens is 202 g/mol. The van der Waals surface area contributed by atoms with Crippen LogP contribution in [-0.2, 0) is 4.79 Å². The Bertz CT molecular complexity index is 232. The van der Waals surface area contributed by atoms with Crippen molar-refractivity contribution in [1.29, 1.82) is 0 Å². The van der Waals surface area contributed by atoms with Crippen molar-refractivity contribution in [3.8, 4) is 0 Å². The molecule has 16 heavy (non-hydrogen) atoms. The van der Waals surface area contributed by atoms with Crippen LogP contribution in [0.3, 0.4) is 0 Å². The number of rotatable bonds is 8. The van der Waals surface area contributed by atoms with Crippen LogP contribution in [-0.4, -0.2) is 35.6 Å². The lowest BCUT2D eigenvalue weighted by Crippen LogP contribution is -2.29. The van der Waals surface area contributed by atoms with Gasteiger partial charge >= 0.3 is 5.97 Å². The third kappa shape index (κ3) is 5.91. The molecule has 0 fully saturated rings. The van der Waals surface area contributed by atoms with E-state index in [9.17, 15) is 4.79 Å². The average Bonchev–Trinajstić information content (AvgIpc) is 2.29. The highest BCUT2D eigenvalue weighted by Crippen LogP contribution is 2.10. The fraction of sp³-hybridized carbons (Fsp3) is 0.769. The molecule has 0 saturated carbocycles. The van der Waals surface area contributed by atoms with Crippen LogP contribution in [0.5, 0.6) is 0 Å². The first kappa shape index (κ1) is 15.2. The summed E-state index contributed by atoms with van der Waals surface area (Å²) >= 11 is 0. The molecule has 0 heterocycles. The number of carbonyl (C=O) groups is 1. The second kappa shape index (κ2) is 8.34. The molecule has 0 atom stereocenters. The summed E-state index contributed by atoms with van der Waals surface area (Å²) in [5.41, 5.74) is 0.433. The minimum Gasteiger partial charge on any atom is -0.478 e. The Balaban J connectivity index is 4.20. The van der Waals surface area contributed by atoms with E-state index in [-0.39, 0.29) is 0 Å². The summed E-state index contributed by atoms with van der Waals surface area (Å²) in [6, 6.07) is 0. The molecule has 0 aliphatic carbocycles. The molecule has 0 unspecified atom stereocenters. The topological polar surface area (TPSA) is 40.5 Å². The number of hydrogen-bond acceptors (Lipinski definition) is 2. The van der Waals surface area contributed by atoms with Gasteiger partial charge < -0.3 is 5.11 Å². The third-order valence-corrected chi connectivity index (χ3v) is 3.11. The summed E-state index contributed by atoms with van der Waals surface area (Å²) in [4.78, 5) is 12.9. The summed E-state index contributed by atoms with van der Waals surface area (Å²) < 4.78 is 0. The van der Waals surface area contributed by atoms with Crippen LogP contribution in [0, 0.1) is 5.92 Å². The SMILES string of the molecule is CCC(CC)CN(CC)CC=C(C)C(=O)O. The van der Waals surface area contributed by atoms with Crippen LogP contribution >= 0.6 is 0 Å². The molecule has 0 aromatic rings. The maximum Gasteiger partial charge on any atom is 0.330 e. The van der Waals surface area contributed by atoms with Crippen LogP contribution in [0.15, 0.2) is 11.6 Å². The molecule has 0 spiro atoms. The number of hydrogen-bond donors (Lipinski definition) is 1. The van der Waals surface area contributed by atoms with Gasteiger partial charge in [0.05, 0.1) is 0 Å². The van der Waals surface area contributed by atoms with Crippen molar-refractivity contribution in [3.63, 3.8) is 0 Å². The van der Waals surface area contributed by atoms with Gasteiger partial charge in [-0.3, -0.25) is 4.90 Å². The molecule has 0 radical (unpaired) electrons. The Hall–Kier alpha value is -0.830. The van der Waals surface area contributed by atoms with Gasteiger partial charge in [-0.05, 0) is 19.4 Å². The van der Waals surface area contributed by atoms with E-state index in [0.29, 0.717) is 5.57 Å². The van der Waals surface area contributed by atoms with Gasteiger partial charge in [-0.1, -0.05) is 39.7 Å². The zero-order valence-corrected chi connectivity index (χ0v) is 11.0. The number of aliphatic carboxylic acids is 1. The molecule has 3 heteroatoms. The quantitative estimate of drug-likeness (QED) is 0.648. The molecule has 0 aromatic carbocycles. The standard InChI is InChI=1S/C13H25NO2/c1-5-12(6-2)10-14(7-3)9-8-11(4)13(15)16/h8,12H,5-7,9-10H2,1-4H3,(H,15,16). The Kier molecular flexibility index (Phi) is 7.90. The van der Waals surface area contributed by atoms with Gasteiger partial charge in [0.1, 0.15) is 0 Å². The summed E-state index contributed by atoms with van der Waals surface area (Å²) in [5, 5.41) is 8.76. The molecule has 0 amide bonds. The normalized spacial score (nSPS) is 12.5. The lowest BCUT2D eigenvalue weighted by atomic mass is 10.0. The van der Waals surface area contributed by atoms with Crippen molar-refractivity contribution in [3.05, 3.63) is 11.6 Å². The lowest BCUT2D eigenvalue weighted by molar-refractivity contribution is -0.132. The molecule has 94 valence electrons. The minimum atomic E-state index is -0.821. The maximum absolute atomic E-state index is 10.6. The molecule has 0 aliphatic heterocycles. The third-order valence-electron chi connectivity index (χ3n) is 3.11. The second-order valence-corrected chi connectivity index (χ2v) is 4.23. The van der Waals surface area contributed by atoms with E-state index in [1.54, 1.807) is 13.0 Å². The van der Waals surface area contributed by atoms with Crippen molar-refractivity contribution >= 4 is 5.97 Å². The molecule has 0 bridgehead atoms. The molecular formula is C13H25NO2. The highest BCUT2D eigenvalue weighted by molar-refractivity contribution is 5.85. The first-order valence-electron chi connectivity index (χ1n) is 6.17. The van der Waals surface area contributed by atoms with Crippen LogP contribution in [0.4, 0.5) is 0 Å². The highest BCUT2D eigenvalue weighted by atomic mass is 16.4. The molecule has 0 aromatic heterocycles. The van der Waals surface area contributed by atoms with E-state index in [2.05, 4.69) is 25.7 Å². The van der Waals surface area contributed by atoms with Crippen molar-refractivity contribution in [2.45, 2.75) is 40.5 Å². The predicted octanol–water partition coefficient (Wildman–Crippen LogP) is 2.78. The van der Waals surface area contributed by atoms with Gasteiger partial charge in [-0.2, -0.15) is 0 Å². The van der Waals surface area contributed by atoms with Gasteiger partial charge in [0.25, 0.3) is 0 Å². The van der Waals surface area contributed by atoms with Crippen LogP contribution in [0.2, 0.25) is 0 Å². The second-order valence-electron chi connectivity index (χ2n) is 4.23. The average molecular weight is 227 g/mol. The van der Waals surface area contributed by atoms with E-state index < -0.39 is 5.97 Å². The van der Waals surface area contributed by atoms with E-state index in [0.717, 1.165) is 25.6 Å². The van der Waals surface area contributed by atoms with E-state index in [1.807, 2.05) is 0 Å². The maximum atomic E-state index is 10.6. The fourth-order valence-corrected chi connectivity index (χ4v) is 1.60. The zero-order valence-electron chi connectivity index (χ0n) is 11.0. The van der Waals surface area contributed by atoms with Gasteiger partial charge in [-0.15, -0.1) is 0 Å². The Morgan fingerprint density at radius 2 is 1.88 bits per heavy atom. The van der Waals surface area contributed by atoms with Gasteiger partial charge in [0, 0.05) is 18.7 Å². The van der Waals surface area contributed by atoms with Crippen LogP contribution in [0.25, 0.3) is 0 Å². The van der Waals surface area contributed by atoms with E-state index in [1.165, 1.54) is 12.8 Å². The summed E-state index contributed by atoms with van der Waals surface area (Å²) in [6.45, 7) is 11.0. The fourth-order valence-electron chi connectivity index (χ4n) is 1.60. The van der Waals surface area contributed by atoms with Crippen LogP contribution in [0.1, 0.15) is 40.5 Å². The minimum absolute atomic E-state index is 0.433. The summed E-state index contributed by atoms with van der Waals surface area (Å²) in [7, 11) is 0. The highest BCUT2D eigenvalue weighted by Gasteiger charge is 2.09. The van der Waals surface area contributed by atoms with Crippen molar-refractivity contribution in [2.24, 2.45) is 5.92 Å². The Labute approximate surface area is 99.1 Å². The monoisotopic (exact) mass is 227 g/mol. The summed E-state index contributed by atoms with van der Waals surface area (Å²) in [6.07, 6.45) is 4.18. The lowest BCUT2D eigenvalue weighted by Gasteiger charge is -2.23. The van der Waals surface area contributed by atoms with Gasteiger partial charge in [0.2, 0.25) is 0 Å². The zero-order chi connectivity index (χ0) is 12.6. The number of carboxylic acids is 1.